The number of rotatable bonds is 5. The van der Waals surface area contributed by atoms with Gasteiger partial charge in [-0.2, -0.15) is 0 Å². The number of hydrogen-bond acceptors (Lipinski definition) is 5. The Morgan fingerprint density at radius 1 is 0.950 bits per heavy atom. The van der Waals surface area contributed by atoms with Crippen LogP contribution in [0.4, 0.5) is 0 Å². The molecule has 1 amide bonds. The van der Waals surface area contributed by atoms with Gasteiger partial charge in [-0.15, -0.1) is 0 Å². The highest BCUT2D eigenvalue weighted by Crippen LogP contribution is 2.87. The van der Waals surface area contributed by atoms with Crippen LogP contribution in [0, 0.1) is 51.2 Å². The second-order valence-corrected chi connectivity index (χ2v) is 16.5. The van der Waals surface area contributed by atoms with Gasteiger partial charge in [0.05, 0.1) is 38.1 Å². The zero-order valence-electron chi connectivity index (χ0n) is 25.2. The summed E-state index contributed by atoms with van der Waals surface area (Å²) in [6, 6.07) is 0. The summed E-state index contributed by atoms with van der Waals surface area (Å²) < 4.78 is 19.4. The van der Waals surface area contributed by atoms with Crippen molar-refractivity contribution >= 4 is 5.91 Å². The Bertz CT molecular complexity index is 1030. The molecule has 6 heteroatoms. The molecule has 2 heterocycles. The number of aliphatic hydroxyl groups excluding tert-OH is 1. The highest BCUT2D eigenvalue weighted by molar-refractivity contribution is 5.76. The van der Waals surface area contributed by atoms with Crippen molar-refractivity contribution < 1.29 is 24.1 Å². The van der Waals surface area contributed by atoms with Crippen LogP contribution in [-0.4, -0.2) is 66.8 Å². The third-order valence-electron chi connectivity index (χ3n) is 14.7. The Morgan fingerprint density at radius 3 is 2.58 bits per heavy atom. The number of aliphatic hydroxyl groups is 1. The molecule has 0 aromatic carbocycles. The van der Waals surface area contributed by atoms with Crippen molar-refractivity contribution in [3.05, 3.63) is 0 Å². The highest BCUT2D eigenvalue weighted by atomic mass is 16.7. The van der Waals surface area contributed by atoms with Gasteiger partial charge in [-0.1, -0.05) is 20.8 Å². The Balaban J connectivity index is 0.967. The van der Waals surface area contributed by atoms with Crippen molar-refractivity contribution in [2.75, 3.05) is 26.3 Å². The van der Waals surface area contributed by atoms with E-state index in [0.29, 0.717) is 72.1 Å². The second kappa shape index (κ2) is 9.16. The van der Waals surface area contributed by atoms with Crippen LogP contribution in [0.1, 0.15) is 104 Å². The first kappa shape index (κ1) is 26.9. The predicted molar refractivity (Wildman–Crippen MR) is 151 cm³/mol. The van der Waals surface area contributed by atoms with Crippen LogP contribution < -0.4 is 0 Å². The summed E-state index contributed by atoms with van der Waals surface area (Å²) in [6.45, 7) is 9.70. The van der Waals surface area contributed by atoms with E-state index in [4.69, 9.17) is 14.2 Å². The number of amides is 1. The molecule has 0 aromatic rings. The molecule has 6 nitrogen and oxygen atoms in total. The van der Waals surface area contributed by atoms with Crippen LogP contribution in [-0.2, 0) is 19.0 Å². The van der Waals surface area contributed by atoms with Crippen molar-refractivity contribution in [2.45, 2.75) is 129 Å². The number of carbonyl (C=O) groups is 1. The normalized spacial score (nSPS) is 52.5. The smallest absolute Gasteiger partial charge is 0.223 e. The van der Waals surface area contributed by atoms with Gasteiger partial charge in [-0.05, 0) is 128 Å². The topological polar surface area (TPSA) is 68.2 Å². The van der Waals surface area contributed by atoms with Gasteiger partial charge >= 0.3 is 0 Å². The van der Waals surface area contributed by atoms with Crippen molar-refractivity contribution in [3.63, 3.8) is 0 Å². The first-order valence-corrected chi connectivity index (χ1v) is 17.0. The van der Waals surface area contributed by atoms with Crippen LogP contribution in [0.5, 0.6) is 0 Å². The molecule has 1 N–H and O–H groups in total. The number of ether oxygens (including phenoxy) is 3. The molecule has 8 aliphatic rings. The third-order valence-corrected chi connectivity index (χ3v) is 14.7. The molecular formula is C34H53NO5. The Labute approximate surface area is 241 Å². The summed E-state index contributed by atoms with van der Waals surface area (Å²) in [5.41, 5.74) is 1.59. The molecule has 0 aromatic heterocycles. The molecule has 2 saturated heterocycles. The van der Waals surface area contributed by atoms with Gasteiger partial charge in [-0.25, -0.2) is 0 Å². The Kier molecular flexibility index (Phi) is 6.16. The van der Waals surface area contributed by atoms with Crippen LogP contribution in [0.25, 0.3) is 0 Å². The van der Waals surface area contributed by atoms with Gasteiger partial charge in [0.15, 0.2) is 6.29 Å². The number of nitrogens with zero attached hydrogens (tertiary/aromatic N) is 1. The minimum absolute atomic E-state index is 0.0644. The molecule has 224 valence electrons. The lowest BCUT2D eigenvalue weighted by Crippen LogP contribution is -2.56. The first-order valence-electron chi connectivity index (χ1n) is 17.0. The van der Waals surface area contributed by atoms with Crippen LogP contribution >= 0.6 is 0 Å². The summed E-state index contributed by atoms with van der Waals surface area (Å²) in [4.78, 5) is 14.8. The van der Waals surface area contributed by atoms with E-state index in [-0.39, 0.29) is 30.5 Å². The number of fused-ring (bicyclic) bond motifs is 4. The van der Waals surface area contributed by atoms with Gasteiger partial charge in [0.25, 0.3) is 0 Å². The molecule has 8 rings (SSSR count). The van der Waals surface area contributed by atoms with Crippen molar-refractivity contribution in [3.8, 4) is 0 Å². The maximum atomic E-state index is 12.8. The molecule has 6 saturated carbocycles. The zero-order valence-corrected chi connectivity index (χ0v) is 25.2. The van der Waals surface area contributed by atoms with Crippen molar-refractivity contribution in [1.82, 2.24) is 4.90 Å². The SMILES string of the molecule is CC12CC[C@@]34CC35CC[C@H](OC3CN(C(=O)CC6CC6)CCO3)C(C)(C)C5CCC4C1CC1OC(CO)CCC12. The van der Waals surface area contributed by atoms with E-state index in [9.17, 15) is 9.90 Å². The Hall–Kier alpha value is -0.690. The average Bonchev–Trinajstić information content (AvgIpc) is 3.85. The van der Waals surface area contributed by atoms with Gasteiger partial charge in [-0.3, -0.25) is 4.79 Å². The van der Waals surface area contributed by atoms with Gasteiger partial charge < -0.3 is 24.2 Å². The summed E-state index contributed by atoms with van der Waals surface area (Å²) in [6.07, 6.45) is 16.4. The Morgan fingerprint density at radius 2 is 1.77 bits per heavy atom. The largest absolute Gasteiger partial charge is 0.394 e. The molecule has 9 unspecified atom stereocenters. The molecule has 0 bridgehead atoms. The number of morpholine rings is 1. The lowest BCUT2D eigenvalue weighted by Gasteiger charge is -2.60. The zero-order chi connectivity index (χ0) is 27.5. The maximum Gasteiger partial charge on any atom is 0.223 e. The van der Waals surface area contributed by atoms with Crippen LogP contribution in [0.15, 0.2) is 0 Å². The number of hydrogen-bond donors (Lipinski definition) is 1. The van der Waals surface area contributed by atoms with E-state index in [2.05, 4.69) is 20.8 Å². The first-order chi connectivity index (χ1) is 19.2. The molecular weight excluding hydrogens is 502 g/mol. The summed E-state index contributed by atoms with van der Waals surface area (Å²) in [5.74, 6) is 3.98. The van der Waals surface area contributed by atoms with E-state index in [1.54, 1.807) is 0 Å². The molecule has 8 fully saturated rings. The molecule has 40 heavy (non-hydrogen) atoms. The van der Waals surface area contributed by atoms with E-state index in [1.807, 2.05) is 4.90 Å². The number of carbonyl (C=O) groups excluding carboxylic acids is 1. The maximum absolute atomic E-state index is 12.8. The lowest BCUT2D eigenvalue weighted by molar-refractivity contribution is -0.244. The van der Waals surface area contributed by atoms with E-state index in [1.165, 1.54) is 64.2 Å². The van der Waals surface area contributed by atoms with Crippen molar-refractivity contribution in [2.24, 2.45) is 51.2 Å². The van der Waals surface area contributed by atoms with Crippen LogP contribution in [0.3, 0.4) is 0 Å². The van der Waals surface area contributed by atoms with Gasteiger partial charge in [0, 0.05) is 13.0 Å². The molecule has 2 aliphatic heterocycles. The van der Waals surface area contributed by atoms with Crippen molar-refractivity contribution in [1.29, 1.82) is 0 Å². The monoisotopic (exact) mass is 555 g/mol. The minimum Gasteiger partial charge on any atom is -0.394 e. The standard InChI is InChI=1S/C34H53NO5/c1-31(2)27-9-8-23-25-17-26-24(7-6-22(19-36)39-26)32(25,3)12-13-33(23)20-34(27,33)11-10-28(31)40-30-18-35(14-15-38-30)29(37)16-21-4-5-21/h21-28,30,36H,4-20H2,1-3H3/t22?,23?,24?,25?,26?,27?,28-,30?,32?,33-,34?/m0/s1. The molecule has 0 radical (unpaired) electrons. The fraction of sp³-hybridized carbons (Fsp3) is 0.971. The minimum atomic E-state index is -0.278. The second-order valence-electron chi connectivity index (χ2n) is 16.5. The highest BCUT2D eigenvalue weighted by Gasteiger charge is 2.80. The van der Waals surface area contributed by atoms with Gasteiger partial charge in [0.2, 0.25) is 5.91 Å². The fourth-order valence-electron chi connectivity index (χ4n) is 12.5. The van der Waals surface area contributed by atoms with E-state index in [0.717, 1.165) is 24.7 Å². The van der Waals surface area contributed by atoms with E-state index >= 15 is 0 Å². The van der Waals surface area contributed by atoms with E-state index < -0.39 is 0 Å². The average molecular weight is 556 g/mol. The summed E-state index contributed by atoms with van der Waals surface area (Å²) in [5, 5.41) is 9.78. The summed E-state index contributed by atoms with van der Waals surface area (Å²) >= 11 is 0. The lowest BCUT2D eigenvalue weighted by atomic mass is 9.46. The fourth-order valence-corrected chi connectivity index (χ4v) is 12.5. The predicted octanol–water partition coefficient (Wildman–Crippen LogP) is 5.56. The van der Waals surface area contributed by atoms with Gasteiger partial charge in [0.1, 0.15) is 0 Å². The molecule has 6 aliphatic carbocycles. The summed E-state index contributed by atoms with van der Waals surface area (Å²) in [7, 11) is 0. The molecule has 2 spiro atoms. The quantitative estimate of drug-likeness (QED) is 0.481. The third kappa shape index (κ3) is 3.76. The van der Waals surface area contributed by atoms with Crippen LogP contribution in [0.2, 0.25) is 0 Å². The molecule has 11 atom stereocenters.